The molecular formula is C27H51N4O6PS. The monoisotopic (exact) mass is 590 g/mol. The van der Waals surface area contributed by atoms with E-state index in [0.29, 0.717) is 37.6 Å². The molecule has 0 radical (unpaired) electrons. The summed E-state index contributed by atoms with van der Waals surface area (Å²) in [6.45, 7) is 3.35. The number of unbranched alkanes of at least 4 members (excludes halogenated alkanes) is 9. The predicted molar refractivity (Wildman–Crippen MR) is 157 cm³/mol. The van der Waals surface area contributed by atoms with Gasteiger partial charge in [0.15, 0.2) is 0 Å². The van der Waals surface area contributed by atoms with E-state index in [4.69, 9.17) is 4.52 Å². The molecule has 10 nitrogen and oxygen atoms in total. The average Bonchev–Trinajstić information content (AvgIpc) is 3.44. The minimum atomic E-state index is -3.37. The van der Waals surface area contributed by atoms with Gasteiger partial charge < -0.3 is 30.7 Å². The Morgan fingerprint density at radius 2 is 1.46 bits per heavy atom. The van der Waals surface area contributed by atoms with Crippen LogP contribution in [0.15, 0.2) is 0 Å². The molecule has 0 aliphatic carbocycles. The van der Waals surface area contributed by atoms with Gasteiger partial charge in [0.1, 0.15) is 0 Å². The van der Waals surface area contributed by atoms with E-state index in [2.05, 4.69) is 21.3 Å². The highest BCUT2D eigenvalue weighted by Crippen LogP contribution is 2.42. The number of amides is 4. The summed E-state index contributed by atoms with van der Waals surface area (Å²) in [5.74, 6) is 1.18. The summed E-state index contributed by atoms with van der Waals surface area (Å²) in [5, 5.41) is 12.4. The number of carbonyl (C=O) groups is 3. The van der Waals surface area contributed by atoms with Crippen LogP contribution in [0.4, 0.5) is 4.79 Å². The molecule has 2 saturated heterocycles. The van der Waals surface area contributed by atoms with Crippen LogP contribution in [-0.2, 0) is 18.7 Å². The summed E-state index contributed by atoms with van der Waals surface area (Å²) in [6, 6.07) is 0.435. The van der Waals surface area contributed by atoms with Crippen molar-refractivity contribution in [3.8, 4) is 0 Å². The Hall–Kier alpha value is -1.29. The second kappa shape index (κ2) is 19.7. The van der Waals surface area contributed by atoms with Gasteiger partial charge in [-0.15, -0.1) is 0 Å². The summed E-state index contributed by atoms with van der Waals surface area (Å²) < 4.78 is 16.4. The maximum Gasteiger partial charge on any atom is 0.328 e. The molecule has 12 heteroatoms. The number of thioether (sulfide) groups is 1. The molecule has 2 aliphatic heterocycles. The molecule has 2 fully saturated rings. The molecule has 2 rings (SSSR count). The smallest absolute Gasteiger partial charge is 0.328 e. The first-order valence-corrected chi connectivity index (χ1v) is 17.8. The highest BCUT2D eigenvalue weighted by molar-refractivity contribution is 8.00. The van der Waals surface area contributed by atoms with Crippen LogP contribution in [0, 0.1) is 0 Å². The fourth-order valence-corrected chi connectivity index (χ4v) is 7.78. The molecule has 2 aliphatic rings. The lowest BCUT2D eigenvalue weighted by Crippen LogP contribution is -2.36. The summed E-state index contributed by atoms with van der Waals surface area (Å²) >= 11 is 1.91. The topological polar surface area (TPSA) is 146 Å². The molecule has 226 valence electrons. The van der Waals surface area contributed by atoms with E-state index in [1.54, 1.807) is 6.92 Å². The largest absolute Gasteiger partial charge is 0.356 e. The molecule has 0 aromatic carbocycles. The first-order valence-electron chi connectivity index (χ1n) is 15.0. The molecule has 0 bridgehead atoms. The molecule has 1 unspecified atom stereocenters. The highest BCUT2D eigenvalue weighted by atomic mass is 32.2. The molecule has 39 heavy (non-hydrogen) atoms. The lowest BCUT2D eigenvalue weighted by atomic mass is 10.0. The first-order chi connectivity index (χ1) is 18.8. The fraction of sp³-hybridized carbons (Fsp3) is 0.889. The van der Waals surface area contributed by atoms with E-state index < -0.39 is 7.60 Å². The molecule has 0 saturated carbocycles. The van der Waals surface area contributed by atoms with Crippen molar-refractivity contribution in [3.63, 3.8) is 0 Å². The predicted octanol–water partition coefficient (Wildman–Crippen LogP) is 4.46. The summed E-state index contributed by atoms with van der Waals surface area (Å²) in [7, 11) is -3.37. The maximum absolute atomic E-state index is 12.0. The van der Waals surface area contributed by atoms with Gasteiger partial charge in [0.25, 0.3) is 0 Å². The Balaban J connectivity index is 1.30. The first kappa shape index (κ1) is 33.9. The molecule has 4 atom stereocenters. The Bertz CT molecular complexity index is 789. The van der Waals surface area contributed by atoms with Gasteiger partial charge in [0.05, 0.1) is 18.7 Å². The third-order valence-electron chi connectivity index (χ3n) is 7.25. The molecule has 0 spiro atoms. The van der Waals surface area contributed by atoms with E-state index in [9.17, 15) is 23.8 Å². The van der Waals surface area contributed by atoms with Crippen LogP contribution in [0.1, 0.15) is 103 Å². The third-order valence-corrected chi connectivity index (χ3v) is 10.3. The van der Waals surface area contributed by atoms with Crippen molar-refractivity contribution in [2.24, 2.45) is 0 Å². The molecular weight excluding hydrogens is 539 g/mol. The van der Waals surface area contributed by atoms with Crippen LogP contribution in [0.25, 0.3) is 0 Å². The SMILES string of the molecule is CCOP(=O)(O)CCCCCCCCCC(=O)NCCCCCNC(=O)CCCC[C@H]1SC[C@H]2NC(=O)N[C@@H]21. The van der Waals surface area contributed by atoms with Gasteiger partial charge >= 0.3 is 13.6 Å². The minimum Gasteiger partial charge on any atom is -0.356 e. The second-order valence-corrected chi connectivity index (χ2v) is 13.9. The van der Waals surface area contributed by atoms with Crippen molar-refractivity contribution in [2.45, 2.75) is 121 Å². The number of rotatable bonds is 23. The normalized spacial score (nSPS) is 21.6. The van der Waals surface area contributed by atoms with Gasteiger partial charge in [-0.25, -0.2) is 4.79 Å². The van der Waals surface area contributed by atoms with Crippen LogP contribution in [0.3, 0.4) is 0 Å². The fourth-order valence-electron chi connectivity index (χ4n) is 5.08. The van der Waals surface area contributed by atoms with E-state index in [0.717, 1.165) is 82.8 Å². The van der Waals surface area contributed by atoms with E-state index in [1.807, 2.05) is 11.8 Å². The van der Waals surface area contributed by atoms with E-state index in [1.165, 1.54) is 0 Å². The summed E-state index contributed by atoms with van der Waals surface area (Å²) in [6.07, 6.45) is 13.8. The zero-order valence-corrected chi connectivity index (χ0v) is 25.4. The lowest BCUT2D eigenvalue weighted by molar-refractivity contribution is -0.121. The molecule has 0 aromatic heterocycles. The number of hydrogen-bond donors (Lipinski definition) is 5. The molecule has 0 aromatic rings. The highest BCUT2D eigenvalue weighted by Gasteiger charge is 2.42. The number of urea groups is 1. The van der Waals surface area contributed by atoms with E-state index >= 15 is 0 Å². The van der Waals surface area contributed by atoms with Crippen LogP contribution >= 0.6 is 19.4 Å². The standard InChI is InChI=1S/C27H51N4O6PS/c1-2-37-38(35,36)20-14-7-5-3-4-6-9-16-24(32)28-18-12-8-13-19-29-25(33)17-11-10-15-23-26-22(21-39-23)30-27(34)31-26/h22-23,26H,2-21H2,1H3,(H,28,32)(H,29,33)(H,35,36)(H2,30,31,34)/t22-,23-,26+/m1/s1. The Morgan fingerprint density at radius 3 is 2.10 bits per heavy atom. The zero-order chi connectivity index (χ0) is 28.3. The van der Waals surface area contributed by atoms with Crippen LogP contribution in [0.5, 0.6) is 0 Å². The van der Waals surface area contributed by atoms with Crippen LogP contribution < -0.4 is 21.3 Å². The second-order valence-electron chi connectivity index (χ2n) is 10.6. The Morgan fingerprint density at radius 1 is 0.897 bits per heavy atom. The van der Waals surface area contributed by atoms with Gasteiger partial charge in [0.2, 0.25) is 11.8 Å². The van der Waals surface area contributed by atoms with Crippen molar-refractivity contribution in [1.29, 1.82) is 0 Å². The van der Waals surface area contributed by atoms with E-state index in [-0.39, 0.29) is 42.7 Å². The number of carbonyl (C=O) groups excluding carboxylic acids is 3. The van der Waals surface area contributed by atoms with Gasteiger partial charge in [-0.2, -0.15) is 11.8 Å². The van der Waals surface area contributed by atoms with Crippen LogP contribution in [-0.4, -0.2) is 71.7 Å². The number of nitrogens with one attached hydrogen (secondary N) is 4. The number of hydrogen-bond acceptors (Lipinski definition) is 6. The molecule has 4 amide bonds. The minimum absolute atomic E-state index is 0.0541. The lowest BCUT2D eigenvalue weighted by Gasteiger charge is -2.16. The molecule has 5 N–H and O–H groups in total. The van der Waals surface area contributed by atoms with Crippen molar-refractivity contribution in [2.75, 3.05) is 31.6 Å². The van der Waals surface area contributed by atoms with Gasteiger partial charge in [0, 0.05) is 43.1 Å². The third kappa shape index (κ3) is 15.3. The quantitative estimate of drug-likeness (QED) is 0.0671. The average molecular weight is 591 g/mol. The van der Waals surface area contributed by atoms with Crippen molar-refractivity contribution >= 4 is 37.2 Å². The zero-order valence-electron chi connectivity index (χ0n) is 23.7. The van der Waals surface area contributed by atoms with Crippen LogP contribution in [0.2, 0.25) is 0 Å². The van der Waals surface area contributed by atoms with Gasteiger partial charge in [-0.3, -0.25) is 14.2 Å². The maximum atomic E-state index is 12.0. The molecule has 2 heterocycles. The Kier molecular flexibility index (Phi) is 17.2. The summed E-state index contributed by atoms with van der Waals surface area (Å²) in [5.41, 5.74) is 0. The van der Waals surface area contributed by atoms with Gasteiger partial charge in [-0.05, 0) is 51.9 Å². The van der Waals surface area contributed by atoms with Crippen molar-refractivity contribution < 1.29 is 28.4 Å². The Labute approximate surface area is 238 Å². The van der Waals surface area contributed by atoms with Crippen molar-refractivity contribution in [1.82, 2.24) is 21.3 Å². The number of fused-ring (bicyclic) bond motifs is 1. The van der Waals surface area contributed by atoms with Gasteiger partial charge in [-0.1, -0.05) is 38.5 Å². The van der Waals surface area contributed by atoms with Crippen molar-refractivity contribution in [3.05, 3.63) is 0 Å². The summed E-state index contributed by atoms with van der Waals surface area (Å²) in [4.78, 5) is 45.0.